The summed E-state index contributed by atoms with van der Waals surface area (Å²) in [5, 5.41) is 20.3. The van der Waals surface area contributed by atoms with Gasteiger partial charge in [0.2, 0.25) is 0 Å². The Labute approximate surface area is 75.7 Å². The molecule has 1 aliphatic heterocycles. The van der Waals surface area contributed by atoms with E-state index in [2.05, 4.69) is 5.32 Å². The minimum absolute atomic E-state index is 0.0430. The van der Waals surface area contributed by atoms with E-state index in [4.69, 9.17) is 10.2 Å². The third-order valence-corrected chi connectivity index (χ3v) is 2.38. The lowest BCUT2D eigenvalue weighted by molar-refractivity contribution is -0.146. The summed E-state index contributed by atoms with van der Waals surface area (Å²) in [4.78, 5) is 21.1. The van der Waals surface area contributed by atoms with Crippen molar-refractivity contribution in [2.45, 2.75) is 12.8 Å². The van der Waals surface area contributed by atoms with E-state index < -0.39 is 17.9 Å². The van der Waals surface area contributed by atoms with Crippen molar-refractivity contribution < 1.29 is 19.8 Å². The van der Waals surface area contributed by atoms with Crippen LogP contribution in [0.25, 0.3) is 0 Å². The molecule has 1 fully saturated rings. The SMILES string of the molecule is O=C(O)C[C@H]1CCNC[C@H]1C(=O)O. The molecule has 2 atom stereocenters. The van der Waals surface area contributed by atoms with E-state index in [0.29, 0.717) is 19.5 Å². The quantitative estimate of drug-likeness (QED) is 0.568. The number of aliphatic carboxylic acids is 2. The highest BCUT2D eigenvalue weighted by Gasteiger charge is 2.31. The topological polar surface area (TPSA) is 86.6 Å². The van der Waals surface area contributed by atoms with Crippen molar-refractivity contribution in [1.29, 1.82) is 0 Å². The number of carboxylic acid groups (broad SMARTS) is 2. The van der Waals surface area contributed by atoms with Crippen molar-refractivity contribution in [3.05, 3.63) is 0 Å². The standard InChI is InChI=1S/C8H13NO4/c10-7(11)3-5-1-2-9-4-6(5)8(12)13/h5-6,9H,1-4H2,(H,10,11)(H,12,13)/t5-,6-/m1/s1. The molecular formula is C8H13NO4. The van der Waals surface area contributed by atoms with E-state index in [1.807, 2.05) is 0 Å². The summed E-state index contributed by atoms with van der Waals surface area (Å²) >= 11 is 0. The van der Waals surface area contributed by atoms with Crippen LogP contribution >= 0.6 is 0 Å². The highest BCUT2D eigenvalue weighted by atomic mass is 16.4. The Kier molecular flexibility index (Phi) is 3.25. The number of carboxylic acids is 2. The molecule has 0 unspecified atom stereocenters. The average molecular weight is 187 g/mol. The van der Waals surface area contributed by atoms with Crippen LogP contribution in [0.3, 0.4) is 0 Å². The molecule has 1 rings (SSSR count). The zero-order valence-electron chi connectivity index (χ0n) is 7.19. The van der Waals surface area contributed by atoms with Crippen LogP contribution in [0.5, 0.6) is 0 Å². The molecule has 0 amide bonds. The van der Waals surface area contributed by atoms with Gasteiger partial charge in [-0.15, -0.1) is 0 Å². The fraction of sp³-hybridized carbons (Fsp3) is 0.750. The molecule has 0 radical (unpaired) electrons. The summed E-state index contributed by atoms with van der Waals surface area (Å²) in [6.45, 7) is 1.09. The lowest BCUT2D eigenvalue weighted by Crippen LogP contribution is -2.41. The van der Waals surface area contributed by atoms with Gasteiger partial charge in [-0.25, -0.2) is 0 Å². The van der Waals surface area contributed by atoms with Crippen LogP contribution in [0.15, 0.2) is 0 Å². The van der Waals surface area contributed by atoms with Gasteiger partial charge in [0.05, 0.1) is 5.92 Å². The maximum atomic E-state index is 10.7. The van der Waals surface area contributed by atoms with Gasteiger partial charge >= 0.3 is 11.9 Å². The lowest BCUT2D eigenvalue weighted by atomic mass is 9.84. The van der Waals surface area contributed by atoms with Crippen LogP contribution in [0, 0.1) is 11.8 Å². The van der Waals surface area contributed by atoms with Crippen LogP contribution in [-0.4, -0.2) is 35.2 Å². The molecule has 1 saturated heterocycles. The van der Waals surface area contributed by atoms with Gasteiger partial charge in [0, 0.05) is 13.0 Å². The normalized spacial score (nSPS) is 28.3. The first-order valence-corrected chi connectivity index (χ1v) is 4.26. The lowest BCUT2D eigenvalue weighted by Gasteiger charge is -2.27. The van der Waals surface area contributed by atoms with Crippen LogP contribution < -0.4 is 5.32 Å². The maximum absolute atomic E-state index is 10.7. The van der Waals surface area contributed by atoms with Gasteiger partial charge in [0.25, 0.3) is 0 Å². The zero-order valence-corrected chi connectivity index (χ0v) is 7.19. The molecule has 0 aliphatic carbocycles. The minimum Gasteiger partial charge on any atom is -0.481 e. The van der Waals surface area contributed by atoms with Gasteiger partial charge in [-0.2, -0.15) is 0 Å². The number of nitrogens with one attached hydrogen (secondary N) is 1. The molecule has 13 heavy (non-hydrogen) atoms. The Morgan fingerprint density at radius 1 is 1.38 bits per heavy atom. The van der Waals surface area contributed by atoms with E-state index in [0.717, 1.165) is 0 Å². The second-order valence-corrected chi connectivity index (χ2v) is 3.30. The van der Waals surface area contributed by atoms with Crippen LogP contribution in [0.1, 0.15) is 12.8 Å². The van der Waals surface area contributed by atoms with Crippen molar-refractivity contribution in [2.75, 3.05) is 13.1 Å². The van der Waals surface area contributed by atoms with Crippen LogP contribution in [0.4, 0.5) is 0 Å². The molecule has 0 saturated carbocycles. The van der Waals surface area contributed by atoms with Gasteiger partial charge in [-0.1, -0.05) is 0 Å². The summed E-state index contributed by atoms with van der Waals surface area (Å²) in [6, 6.07) is 0. The predicted octanol–water partition coefficient (Wildman–Crippen LogP) is -0.229. The molecular weight excluding hydrogens is 174 g/mol. The Hall–Kier alpha value is -1.10. The van der Waals surface area contributed by atoms with Gasteiger partial charge in [0.15, 0.2) is 0 Å². The van der Waals surface area contributed by atoms with Crippen molar-refractivity contribution >= 4 is 11.9 Å². The smallest absolute Gasteiger partial charge is 0.308 e. The number of hydrogen-bond donors (Lipinski definition) is 3. The van der Waals surface area contributed by atoms with Gasteiger partial charge in [0.1, 0.15) is 0 Å². The van der Waals surface area contributed by atoms with E-state index >= 15 is 0 Å². The molecule has 5 heteroatoms. The molecule has 74 valence electrons. The molecule has 0 aromatic heterocycles. The van der Waals surface area contributed by atoms with E-state index in [1.165, 1.54) is 0 Å². The highest BCUT2D eigenvalue weighted by Crippen LogP contribution is 2.22. The summed E-state index contributed by atoms with van der Waals surface area (Å²) < 4.78 is 0. The third kappa shape index (κ3) is 2.69. The van der Waals surface area contributed by atoms with Gasteiger partial charge in [-0.3, -0.25) is 9.59 Å². The second-order valence-electron chi connectivity index (χ2n) is 3.30. The fourth-order valence-corrected chi connectivity index (χ4v) is 1.67. The first-order valence-electron chi connectivity index (χ1n) is 4.26. The molecule has 0 spiro atoms. The zero-order chi connectivity index (χ0) is 9.84. The van der Waals surface area contributed by atoms with E-state index in [9.17, 15) is 9.59 Å². The Morgan fingerprint density at radius 3 is 2.62 bits per heavy atom. The first-order chi connectivity index (χ1) is 6.11. The first kappa shape index (κ1) is 9.98. The molecule has 5 nitrogen and oxygen atoms in total. The number of hydrogen-bond acceptors (Lipinski definition) is 3. The molecule has 0 aromatic rings. The summed E-state index contributed by atoms with van der Waals surface area (Å²) in [5.41, 5.74) is 0. The predicted molar refractivity (Wildman–Crippen MR) is 44.4 cm³/mol. The summed E-state index contributed by atoms with van der Waals surface area (Å²) in [7, 11) is 0. The molecule has 0 bridgehead atoms. The Bertz CT molecular complexity index is 216. The number of piperidine rings is 1. The molecule has 1 heterocycles. The van der Waals surface area contributed by atoms with Crippen molar-refractivity contribution in [1.82, 2.24) is 5.32 Å². The highest BCUT2D eigenvalue weighted by molar-refractivity contribution is 5.73. The van der Waals surface area contributed by atoms with Gasteiger partial charge < -0.3 is 15.5 Å². The molecule has 0 aromatic carbocycles. The Balaban J connectivity index is 2.56. The second kappa shape index (κ2) is 4.23. The summed E-state index contributed by atoms with van der Waals surface area (Å²) in [5.74, 6) is -2.60. The van der Waals surface area contributed by atoms with E-state index in [1.54, 1.807) is 0 Å². The van der Waals surface area contributed by atoms with Crippen molar-refractivity contribution in [3.63, 3.8) is 0 Å². The third-order valence-electron chi connectivity index (χ3n) is 2.38. The van der Waals surface area contributed by atoms with Crippen LogP contribution in [-0.2, 0) is 9.59 Å². The van der Waals surface area contributed by atoms with E-state index in [-0.39, 0.29) is 12.3 Å². The average Bonchev–Trinajstić information content (AvgIpc) is 2.03. The summed E-state index contributed by atoms with van der Waals surface area (Å²) in [6.07, 6.45) is 0.585. The number of rotatable bonds is 3. The minimum atomic E-state index is -0.918. The molecule has 3 N–H and O–H groups in total. The van der Waals surface area contributed by atoms with Crippen molar-refractivity contribution in [2.24, 2.45) is 11.8 Å². The maximum Gasteiger partial charge on any atom is 0.308 e. The van der Waals surface area contributed by atoms with Gasteiger partial charge in [-0.05, 0) is 18.9 Å². The monoisotopic (exact) mass is 187 g/mol. The Morgan fingerprint density at radius 2 is 2.08 bits per heavy atom. The van der Waals surface area contributed by atoms with Crippen molar-refractivity contribution in [3.8, 4) is 0 Å². The number of carbonyl (C=O) groups is 2. The van der Waals surface area contributed by atoms with Crippen LogP contribution in [0.2, 0.25) is 0 Å². The molecule has 1 aliphatic rings. The largest absolute Gasteiger partial charge is 0.481 e. The fourth-order valence-electron chi connectivity index (χ4n) is 1.67.